The Kier molecular flexibility index (Phi) is 4.66. The Labute approximate surface area is 179 Å². The smallest absolute Gasteiger partial charge is 0.265 e. The Morgan fingerprint density at radius 2 is 2.06 bits per heavy atom. The van der Waals surface area contributed by atoms with E-state index in [0.717, 1.165) is 5.56 Å². The maximum absolute atomic E-state index is 13.7. The average molecular weight is 444 g/mol. The zero-order valence-electron chi connectivity index (χ0n) is 16.1. The Morgan fingerprint density at radius 3 is 2.84 bits per heavy atom. The zero-order chi connectivity index (χ0) is 21.6. The maximum Gasteiger partial charge on any atom is 0.265 e. The van der Waals surface area contributed by atoms with Gasteiger partial charge in [-0.15, -0.1) is 10.2 Å². The molecule has 1 N–H and O–H groups in total. The van der Waals surface area contributed by atoms with Crippen molar-refractivity contribution in [3.63, 3.8) is 0 Å². The number of nitrogens with one attached hydrogen (secondary N) is 1. The average Bonchev–Trinajstić information content (AvgIpc) is 3.41. The van der Waals surface area contributed by atoms with E-state index < -0.39 is 18.4 Å². The van der Waals surface area contributed by atoms with Crippen molar-refractivity contribution in [2.45, 2.75) is 18.8 Å². The lowest BCUT2D eigenvalue weighted by molar-refractivity contribution is -0.0560. The number of likely N-dealkylation sites (tertiary alicyclic amines) is 1. The summed E-state index contributed by atoms with van der Waals surface area (Å²) in [4.78, 5) is 21.2. The van der Waals surface area contributed by atoms with E-state index >= 15 is 0 Å². The number of carbonyl (C=O) groups is 1. The summed E-state index contributed by atoms with van der Waals surface area (Å²) in [6.45, 7) is -0.269. The molecule has 1 amide bonds. The summed E-state index contributed by atoms with van der Waals surface area (Å²) in [5.74, 6) is -2.76. The molecule has 31 heavy (non-hydrogen) atoms. The van der Waals surface area contributed by atoms with Crippen LogP contribution in [0.25, 0.3) is 28.1 Å². The van der Waals surface area contributed by atoms with Gasteiger partial charge in [-0.05, 0) is 30.7 Å². The number of piperidine rings is 1. The van der Waals surface area contributed by atoms with Crippen molar-refractivity contribution in [2.24, 2.45) is 0 Å². The van der Waals surface area contributed by atoms with Gasteiger partial charge in [-0.25, -0.2) is 18.4 Å². The fraction of sp³-hybridized carbons (Fsp3) is 0.250. The summed E-state index contributed by atoms with van der Waals surface area (Å²) >= 11 is 6.28. The summed E-state index contributed by atoms with van der Waals surface area (Å²) in [7, 11) is 0. The van der Waals surface area contributed by atoms with Crippen molar-refractivity contribution >= 4 is 28.5 Å². The molecule has 1 aliphatic heterocycles. The molecule has 1 saturated heterocycles. The SMILES string of the molecule is O=C(c1cnc2c(cnn2-c2cc(Cl)cc(-c3nnc[nH]3)c2)c1)N1CCCC(F)(F)C1. The van der Waals surface area contributed by atoms with Crippen LogP contribution in [0.5, 0.6) is 0 Å². The lowest BCUT2D eigenvalue weighted by Crippen LogP contribution is -2.45. The van der Waals surface area contributed by atoms with Crippen LogP contribution in [0.2, 0.25) is 5.02 Å². The number of nitrogens with zero attached hydrogens (tertiary/aromatic N) is 6. The monoisotopic (exact) mass is 443 g/mol. The molecule has 11 heteroatoms. The normalized spacial score (nSPS) is 16.0. The van der Waals surface area contributed by atoms with E-state index in [9.17, 15) is 13.6 Å². The van der Waals surface area contributed by atoms with E-state index in [0.29, 0.717) is 34.1 Å². The highest BCUT2D eigenvalue weighted by molar-refractivity contribution is 6.31. The molecule has 8 nitrogen and oxygen atoms in total. The molecule has 0 bridgehead atoms. The van der Waals surface area contributed by atoms with Gasteiger partial charge in [-0.2, -0.15) is 5.10 Å². The minimum atomic E-state index is -2.86. The lowest BCUT2D eigenvalue weighted by Gasteiger charge is -2.32. The number of benzene rings is 1. The van der Waals surface area contributed by atoms with E-state index in [4.69, 9.17) is 11.6 Å². The summed E-state index contributed by atoms with van der Waals surface area (Å²) in [5, 5.41) is 13.2. The van der Waals surface area contributed by atoms with Crippen molar-refractivity contribution < 1.29 is 13.6 Å². The van der Waals surface area contributed by atoms with E-state index in [1.165, 1.54) is 17.4 Å². The lowest BCUT2D eigenvalue weighted by atomic mass is 10.1. The first-order valence-electron chi connectivity index (χ1n) is 9.58. The fourth-order valence-electron chi connectivity index (χ4n) is 3.73. The summed E-state index contributed by atoms with van der Waals surface area (Å²) in [5.41, 5.74) is 2.13. The van der Waals surface area contributed by atoms with Gasteiger partial charge in [0, 0.05) is 35.1 Å². The topological polar surface area (TPSA) is 92.6 Å². The molecule has 5 rings (SSSR count). The second-order valence-corrected chi connectivity index (χ2v) is 7.85. The molecule has 1 aromatic carbocycles. The van der Waals surface area contributed by atoms with E-state index in [2.05, 4.69) is 25.3 Å². The first kappa shape index (κ1) is 19.6. The molecule has 0 unspecified atom stereocenters. The zero-order valence-corrected chi connectivity index (χ0v) is 16.9. The number of amides is 1. The predicted molar refractivity (Wildman–Crippen MR) is 109 cm³/mol. The van der Waals surface area contributed by atoms with Crippen molar-refractivity contribution in [2.75, 3.05) is 13.1 Å². The molecular formula is C20H16ClF2N7O. The van der Waals surface area contributed by atoms with Crippen molar-refractivity contribution in [3.05, 3.63) is 53.6 Å². The van der Waals surface area contributed by atoms with E-state index in [1.807, 2.05) is 6.07 Å². The predicted octanol–water partition coefficient (Wildman–Crippen LogP) is 3.73. The summed E-state index contributed by atoms with van der Waals surface area (Å²) in [6.07, 6.45) is 4.50. The number of halogens is 3. The van der Waals surface area contributed by atoms with Crippen LogP contribution in [0.1, 0.15) is 23.2 Å². The third-order valence-electron chi connectivity index (χ3n) is 5.15. The molecule has 1 aliphatic rings. The second-order valence-electron chi connectivity index (χ2n) is 7.42. The van der Waals surface area contributed by atoms with Crippen molar-refractivity contribution in [1.82, 2.24) is 34.8 Å². The number of fused-ring (bicyclic) bond motifs is 1. The number of alkyl halides is 2. The number of aromatic amines is 1. The third-order valence-corrected chi connectivity index (χ3v) is 5.37. The molecule has 4 aromatic rings. The van der Waals surface area contributed by atoms with E-state index in [-0.39, 0.29) is 18.4 Å². The number of carbonyl (C=O) groups excluding carboxylic acids is 1. The van der Waals surface area contributed by atoms with Gasteiger partial charge >= 0.3 is 0 Å². The Bertz CT molecular complexity index is 1270. The van der Waals surface area contributed by atoms with Crippen molar-refractivity contribution in [1.29, 1.82) is 0 Å². The molecule has 4 heterocycles. The van der Waals surface area contributed by atoms with Crippen LogP contribution in [0.15, 0.2) is 43.0 Å². The second kappa shape index (κ2) is 7.38. The molecule has 0 aliphatic carbocycles. The Morgan fingerprint density at radius 1 is 1.19 bits per heavy atom. The van der Waals surface area contributed by atoms with Crippen LogP contribution >= 0.6 is 11.6 Å². The Hall–Kier alpha value is -3.40. The van der Waals surface area contributed by atoms with Crippen LogP contribution in [-0.2, 0) is 0 Å². The van der Waals surface area contributed by atoms with Gasteiger partial charge in [0.25, 0.3) is 11.8 Å². The van der Waals surface area contributed by atoms with Crippen molar-refractivity contribution in [3.8, 4) is 17.1 Å². The molecule has 0 spiro atoms. The highest BCUT2D eigenvalue weighted by Crippen LogP contribution is 2.29. The molecule has 0 atom stereocenters. The molecular weight excluding hydrogens is 428 g/mol. The number of hydrogen-bond donors (Lipinski definition) is 1. The minimum Gasteiger partial charge on any atom is -0.333 e. The number of H-pyrrole nitrogens is 1. The van der Waals surface area contributed by atoms with Crippen LogP contribution in [0, 0.1) is 0 Å². The largest absolute Gasteiger partial charge is 0.333 e. The number of aromatic nitrogens is 6. The first-order chi connectivity index (χ1) is 14.9. The third kappa shape index (κ3) is 3.74. The maximum atomic E-state index is 13.7. The summed E-state index contributed by atoms with van der Waals surface area (Å²) < 4.78 is 29.0. The van der Waals surface area contributed by atoms with Gasteiger partial charge in [0.15, 0.2) is 11.5 Å². The molecule has 0 radical (unpaired) electrons. The highest BCUT2D eigenvalue weighted by Gasteiger charge is 2.37. The van der Waals surface area contributed by atoms with Crippen LogP contribution in [0.3, 0.4) is 0 Å². The van der Waals surface area contributed by atoms with Gasteiger partial charge in [0.05, 0.1) is 24.0 Å². The van der Waals surface area contributed by atoms with E-state index in [1.54, 1.807) is 29.1 Å². The van der Waals surface area contributed by atoms with Crippen LogP contribution < -0.4 is 0 Å². The quantitative estimate of drug-likeness (QED) is 0.521. The van der Waals surface area contributed by atoms with Gasteiger partial charge in [0.2, 0.25) is 0 Å². The van der Waals surface area contributed by atoms with Crippen LogP contribution in [-0.4, -0.2) is 59.8 Å². The number of rotatable bonds is 3. The minimum absolute atomic E-state index is 0.198. The molecule has 3 aromatic heterocycles. The van der Waals surface area contributed by atoms with Gasteiger partial charge in [-0.3, -0.25) is 4.79 Å². The van der Waals surface area contributed by atoms with Crippen LogP contribution in [0.4, 0.5) is 8.78 Å². The molecule has 1 fully saturated rings. The Balaban J connectivity index is 1.49. The van der Waals surface area contributed by atoms with Gasteiger partial charge in [0.1, 0.15) is 6.33 Å². The fourth-order valence-corrected chi connectivity index (χ4v) is 3.96. The number of pyridine rings is 1. The number of hydrogen-bond acceptors (Lipinski definition) is 5. The molecule has 158 valence electrons. The standard InChI is InChI=1S/C20H16ClF2N7O/c21-15-5-12(17-25-11-26-28-17)6-16(7-15)30-18-13(9-27-30)4-14(8-24-18)19(31)29-3-1-2-20(22,23)10-29/h4-9,11H,1-3,10H2,(H,25,26,28). The molecule has 0 saturated carbocycles. The van der Waals surface area contributed by atoms with Gasteiger partial charge < -0.3 is 9.88 Å². The summed E-state index contributed by atoms with van der Waals surface area (Å²) in [6, 6.07) is 6.92. The highest BCUT2D eigenvalue weighted by atomic mass is 35.5. The van der Waals surface area contributed by atoms with Gasteiger partial charge in [-0.1, -0.05) is 11.6 Å². The first-order valence-corrected chi connectivity index (χ1v) is 9.96.